The second-order valence-electron chi connectivity index (χ2n) is 6.15. The van der Waals surface area contributed by atoms with Gasteiger partial charge in [-0.15, -0.1) is 0 Å². The van der Waals surface area contributed by atoms with Crippen LogP contribution in [0, 0.1) is 11.3 Å². The SMILES string of the molecule is COC(=O)C1CCN(S(=O)(=O)N2CCC(C)(C(=O)O)C2)CC1. The van der Waals surface area contributed by atoms with E-state index in [1.807, 2.05) is 0 Å². The third-order valence-electron chi connectivity index (χ3n) is 4.60. The van der Waals surface area contributed by atoms with E-state index in [0.717, 1.165) is 0 Å². The molecular formula is C13H22N2O6S. The van der Waals surface area contributed by atoms with Crippen LogP contribution in [-0.4, -0.2) is 67.4 Å². The molecule has 0 aromatic heterocycles. The minimum atomic E-state index is -3.67. The number of rotatable bonds is 4. The fraction of sp³-hybridized carbons (Fsp3) is 0.846. The molecule has 0 aromatic carbocycles. The van der Waals surface area contributed by atoms with Gasteiger partial charge in [-0.2, -0.15) is 17.0 Å². The molecule has 0 saturated carbocycles. The highest BCUT2D eigenvalue weighted by Crippen LogP contribution is 2.33. The molecule has 9 heteroatoms. The molecule has 8 nitrogen and oxygen atoms in total. The molecule has 0 radical (unpaired) electrons. The molecule has 2 aliphatic rings. The van der Waals surface area contributed by atoms with Crippen LogP contribution in [0.3, 0.4) is 0 Å². The van der Waals surface area contributed by atoms with Crippen molar-refractivity contribution < 1.29 is 27.9 Å². The first-order valence-corrected chi connectivity index (χ1v) is 8.67. The summed E-state index contributed by atoms with van der Waals surface area (Å²) in [7, 11) is -2.35. The molecule has 126 valence electrons. The number of piperidine rings is 1. The number of hydrogen-bond donors (Lipinski definition) is 1. The van der Waals surface area contributed by atoms with Crippen LogP contribution in [0.5, 0.6) is 0 Å². The van der Waals surface area contributed by atoms with Crippen molar-refractivity contribution in [2.24, 2.45) is 11.3 Å². The van der Waals surface area contributed by atoms with Gasteiger partial charge in [0, 0.05) is 26.2 Å². The Morgan fingerprint density at radius 3 is 2.23 bits per heavy atom. The summed E-state index contributed by atoms with van der Waals surface area (Å²) in [5.74, 6) is -1.55. The van der Waals surface area contributed by atoms with Crippen molar-refractivity contribution in [3.05, 3.63) is 0 Å². The van der Waals surface area contributed by atoms with E-state index in [-0.39, 0.29) is 38.1 Å². The first-order chi connectivity index (χ1) is 10.2. The number of nitrogens with zero attached hydrogens (tertiary/aromatic N) is 2. The van der Waals surface area contributed by atoms with E-state index >= 15 is 0 Å². The van der Waals surface area contributed by atoms with Gasteiger partial charge in [0.1, 0.15) is 0 Å². The van der Waals surface area contributed by atoms with Crippen LogP contribution in [-0.2, 0) is 24.5 Å². The number of carboxylic acids is 1. The molecule has 2 rings (SSSR count). The van der Waals surface area contributed by atoms with Crippen LogP contribution in [0.4, 0.5) is 0 Å². The molecule has 1 atom stereocenters. The summed E-state index contributed by atoms with van der Waals surface area (Å²) < 4.78 is 32.4. The normalized spacial score (nSPS) is 28.6. The zero-order valence-electron chi connectivity index (χ0n) is 12.8. The molecule has 0 spiro atoms. The van der Waals surface area contributed by atoms with E-state index in [1.165, 1.54) is 15.7 Å². The van der Waals surface area contributed by atoms with Gasteiger partial charge in [-0.25, -0.2) is 0 Å². The van der Waals surface area contributed by atoms with E-state index in [0.29, 0.717) is 19.3 Å². The lowest BCUT2D eigenvalue weighted by Gasteiger charge is -2.33. The fourth-order valence-corrected chi connectivity index (χ4v) is 4.71. The second kappa shape index (κ2) is 6.13. The van der Waals surface area contributed by atoms with Crippen molar-refractivity contribution in [1.82, 2.24) is 8.61 Å². The number of carbonyl (C=O) groups excluding carboxylic acids is 1. The lowest BCUT2D eigenvalue weighted by atomic mass is 9.90. The summed E-state index contributed by atoms with van der Waals surface area (Å²) in [4.78, 5) is 22.7. The molecule has 0 amide bonds. The monoisotopic (exact) mass is 334 g/mol. The van der Waals surface area contributed by atoms with E-state index in [9.17, 15) is 23.1 Å². The van der Waals surface area contributed by atoms with Gasteiger partial charge in [-0.3, -0.25) is 9.59 Å². The Hall–Kier alpha value is -1.19. The molecule has 1 unspecified atom stereocenters. The molecule has 2 fully saturated rings. The molecule has 2 aliphatic heterocycles. The summed E-state index contributed by atoms with van der Waals surface area (Å²) in [6.07, 6.45) is 1.16. The number of carboxylic acid groups (broad SMARTS) is 1. The van der Waals surface area contributed by atoms with Crippen molar-refractivity contribution >= 4 is 22.1 Å². The Morgan fingerprint density at radius 1 is 1.18 bits per heavy atom. The number of ether oxygens (including phenoxy) is 1. The number of hydrogen-bond acceptors (Lipinski definition) is 5. The predicted octanol–water partition coefficient (Wildman–Crippen LogP) is -0.0872. The van der Waals surface area contributed by atoms with Crippen LogP contribution < -0.4 is 0 Å². The molecule has 2 saturated heterocycles. The molecule has 0 aromatic rings. The van der Waals surface area contributed by atoms with Crippen LogP contribution >= 0.6 is 0 Å². The van der Waals surface area contributed by atoms with Gasteiger partial charge >= 0.3 is 11.9 Å². The molecular weight excluding hydrogens is 312 g/mol. The highest BCUT2D eigenvalue weighted by atomic mass is 32.2. The second-order valence-corrected chi connectivity index (χ2v) is 8.08. The Labute approximate surface area is 130 Å². The predicted molar refractivity (Wildman–Crippen MR) is 77.2 cm³/mol. The van der Waals surface area contributed by atoms with Gasteiger partial charge in [0.25, 0.3) is 10.2 Å². The lowest BCUT2D eigenvalue weighted by Crippen LogP contribution is -2.48. The quantitative estimate of drug-likeness (QED) is 0.721. The van der Waals surface area contributed by atoms with Crippen LogP contribution in [0.15, 0.2) is 0 Å². The zero-order chi connectivity index (χ0) is 16.5. The van der Waals surface area contributed by atoms with Crippen molar-refractivity contribution in [2.45, 2.75) is 26.2 Å². The number of aliphatic carboxylic acids is 1. The number of methoxy groups -OCH3 is 1. The van der Waals surface area contributed by atoms with Gasteiger partial charge in [0.05, 0.1) is 18.4 Å². The van der Waals surface area contributed by atoms with Gasteiger partial charge in [0.15, 0.2) is 0 Å². The summed E-state index contributed by atoms with van der Waals surface area (Å²) in [5, 5.41) is 9.20. The lowest BCUT2D eigenvalue weighted by molar-refractivity contribution is -0.147. The van der Waals surface area contributed by atoms with Gasteiger partial charge in [-0.1, -0.05) is 0 Å². The van der Waals surface area contributed by atoms with Gasteiger partial charge in [0.2, 0.25) is 0 Å². The van der Waals surface area contributed by atoms with Crippen molar-refractivity contribution in [3.8, 4) is 0 Å². The smallest absolute Gasteiger partial charge is 0.310 e. The Kier molecular flexibility index (Phi) is 4.78. The Balaban J connectivity index is 2.01. The Bertz CT molecular complexity index is 555. The van der Waals surface area contributed by atoms with E-state index in [2.05, 4.69) is 4.74 Å². The first-order valence-electron chi connectivity index (χ1n) is 7.27. The van der Waals surface area contributed by atoms with Crippen LogP contribution in [0.2, 0.25) is 0 Å². The third kappa shape index (κ3) is 3.11. The van der Waals surface area contributed by atoms with Gasteiger partial charge in [-0.05, 0) is 26.2 Å². The number of carbonyl (C=O) groups is 2. The van der Waals surface area contributed by atoms with E-state index < -0.39 is 21.6 Å². The maximum atomic E-state index is 12.6. The summed E-state index contributed by atoms with van der Waals surface area (Å²) in [6.45, 7) is 2.27. The Morgan fingerprint density at radius 2 is 1.77 bits per heavy atom. The van der Waals surface area contributed by atoms with Crippen molar-refractivity contribution in [3.63, 3.8) is 0 Å². The molecule has 0 bridgehead atoms. The highest BCUT2D eigenvalue weighted by Gasteiger charge is 2.46. The van der Waals surface area contributed by atoms with Crippen LogP contribution in [0.1, 0.15) is 26.2 Å². The van der Waals surface area contributed by atoms with Crippen LogP contribution in [0.25, 0.3) is 0 Å². The van der Waals surface area contributed by atoms with Crippen molar-refractivity contribution in [1.29, 1.82) is 0 Å². The minimum absolute atomic E-state index is 0.0123. The average Bonchev–Trinajstić information content (AvgIpc) is 2.91. The third-order valence-corrected chi connectivity index (χ3v) is 6.58. The molecule has 0 aliphatic carbocycles. The van der Waals surface area contributed by atoms with Crippen molar-refractivity contribution in [2.75, 3.05) is 33.3 Å². The largest absolute Gasteiger partial charge is 0.481 e. The topological polar surface area (TPSA) is 104 Å². The first kappa shape index (κ1) is 17.2. The molecule has 22 heavy (non-hydrogen) atoms. The average molecular weight is 334 g/mol. The standard InChI is InChI=1S/C13H22N2O6S/c1-13(12(17)18)5-8-15(9-13)22(19,20)14-6-3-10(4-7-14)11(16)21-2/h10H,3-9H2,1-2H3,(H,17,18). The van der Waals surface area contributed by atoms with E-state index in [4.69, 9.17) is 0 Å². The summed E-state index contributed by atoms with van der Waals surface area (Å²) >= 11 is 0. The minimum Gasteiger partial charge on any atom is -0.481 e. The molecule has 1 N–H and O–H groups in total. The van der Waals surface area contributed by atoms with E-state index in [1.54, 1.807) is 6.92 Å². The maximum Gasteiger partial charge on any atom is 0.310 e. The number of esters is 1. The van der Waals surface area contributed by atoms with Gasteiger partial charge < -0.3 is 9.84 Å². The molecule has 2 heterocycles. The maximum absolute atomic E-state index is 12.6. The summed E-state index contributed by atoms with van der Waals surface area (Å²) in [5.41, 5.74) is -1.03. The highest BCUT2D eigenvalue weighted by molar-refractivity contribution is 7.86. The summed E-state index contributed by atoms with van der Waals surface area (Å²) in [6, 6.07) is 0. The zero-order valence-corrected chi connectivity index (χ0v) is 13.6. The fourth-order valence-electron chi connectivity index (χ4n) is 2.94.